The lowest BCUT2D eigenvalue weighted by atomic mass is 10.0. The molecule has 0 saturated carbocycles. The summed E-state index contributed by atoms with van der Waals surface area (Å²) >= 11 is 6.13. The Balaban J connectivity index is 2.85. The first-order valence-electron chi connectivity index (χ1n) is 6.55. The van der Waals surface area contributed by atoms with Crippen molar-refractivity contribution in [2.75, 3.05) is 6.61 Å². The third-order valence-electron chi connectivity index (χ3n) is 2.90. The number of carbonyl (C=O) groups excluding carboxylic acids is 1. The van der Waals surface area contributed by atoms with Gasteiger partial charge in [-0.15, -0.1) is 0 Å². The maximum atomic E-state index is 12.2. The van der Waals surface area contributed by atoms with Gasteiger partial charge in [-0.2, -0.15) is 5.10 Å². The van der Waals surface area contributed by atoms with E-state index >= 15 is 0 Å². The van der Waals surface area contributed by atoms with Crippen molar-refractivity contribution in [3.8, 4) is 0 Å². The molecule has 0 aliphatic carbocycles. The summed E-state index contributed by atoms with van der Waals surface area (Å²) in [4.78, 5) is 12.2. The van der Waals surface area contributed by atoms with Crippen LogP contribution in [0.2, 0.25) is 5.15 Å². The third-order valence-corrected chi connectivity index (χ3v) is 3.29. The van der Waals surface area contributed by atoms with Gasteiger partial charge in [-0.05, 0) is 26.2 Å². The van der Waals surface area contributed by atoms with Crippen LogP contribution < -0.4 is 5.32 Å². The van der Waals surface area contributed by atoms with Gasteiger partial charge >= 0.3 is 0 Å². The van der Waals surface area contributed by atoms with Crippen LogP contribution in [0, 0.1) is 12.8 Å². The molecule has 0 radical (unpaired) electrons. The number of aliphatic hydroxyl groups is 1. The number of rotatable bonds is 6. The second-order valence-corrected chi connectivity index (χ2v) is 5.41. The molecule has 1 unspecified atom stereocenters. The van der Waals surface area contributed by atoms with Crippen molar-refractivity contribution in [2.24, 2.45) is 5.92 Å². The number of aromatic nitrogens is 2. The van der Waals surface area contributed by atoms with E-state index in [1.54, 1.807) is 11.6 Å². The van der Waals surface area contributed by atoms with Crippen LogP contribution in [-0.4, -0.2) is 33.4 Å². The monoisotopic (exact) mass is 287 g/mol. The van der Waals surface area contributed by atoms with Crippen molar-refractivity contribution < 1.29 is 9.90 Å². The summed E-state index contributed by atoms with van der Waals surface area (Å²) in [6.45, 7) is 8.29. The number of amides is 1. The van der Waals surface area contributed by atoms with Gasteiger partial charge in [0.1, 0.15) is 5.15 Å². The summed E-state index contributed by atoms with van der Waals surface area (Å²) in [6.07, 6.45) is 0.723. The Morgan fingerprint density at radius 3 is 2.58 bits per heavy atom. The normalized spacial score (nSPS) is 12.8. The molecule has 2 N–H and O–H groups in total. The molecule has 6 heteroatoms. The fraction of sp³-hybridized carbons (Fsp3) is 0.692. The molecule has 19 heavy (non-hydrogen) atoms. The van der Waals surface area contributed by atoms with Crippen LogP contribution in [0.25, 0.3) is 0 Å². The summed E-state index contributed by atoms with van der Waals surface area (Å²) in [7, 11) is 0. The standard InChI is InChI=1S/C13H22ClN3O2/c1-5-17-12(14)11(9(4)16-17)13(19)15-10(7-18)6-8(2)3/h8,10,18H,5-7H2,1-4H3,(H,15,19). The highest BCUT2D eigenvalue weighted by Gasteiger charge is 2.22. The fourth-order valence-electron chi connectivity index (χ4n) is 2.03. The van der Waals surface area contributed by atoms with E-state index in [1.165, 1.54) is 0 Å². The van der Waals surface area contributed by atoms with Gasteiger partial charge < -0.3 is 10.4 Å². The molecule has 0 aromatic carbocycles. The van der Waals surface area contributed by atoms with Crippen LogP contribution in [-0.2, 0) is 6.54 Å². The van der Waals surface area contributed by atoms with E-state index in [9.17, 15) is 9.90 Å². The SMILES string of the molecule is CCn1nc(C)c(C(=O)NC(CO)CC(C)C)c1Cl. The van der Waals surface area contributed by atoms with Gasteiger partial charge in [0.05, 0.1) is 23.9 Å². The average Bonchev–Trinajstić information content (AvgIpc) is 2.62. The topological polar surface area (TPSA) is 67.2 Å². The minimum absolute atomic E-state index is 0.0809. The van der Waals surface area contributed by atoms with Crippen LogP contribution in [0.3, 0.4) is 0 Å². The van der Waals surface area contributed by atoms with Gasteiger partial charge in [0, 0.05) is 6.54 Å². The lowest BCUT2D eigenvalue weighted by Gasteiger charge is -2.18. The smallest absolute Gasteiger partial charge is 0.256 e. The highest BCUT2D eigenvalue weighted by atomic mass is 35.5. The molecule has 108 valence electrons. The molecule has 5 nitrogen and oxygen atoms in total. The Bertz CT molecular complexity index is 443. The first-order chi connectivity index (χ1) is 8.90. The summed E-state index contributed by atoms with van der Waals surface area (Å²) in [5.41, 5.74) is 0.997. The van der Waals surface area contributed by atoms with Gasteiger partial charge in [0.15, 0.2) is 0 Å². The lowest BCUT2D eigenvalue weighted by molar-refractivity contribution is 0.0908. The summed E-state index contributed by atoms with van der Waals surface area (Å²) in [6, 6.07) is -0.257. The molecule has 1 amide bonds. The van der Waals surface area contributed by atoms with E-state index in [4.69, 9.17) is 11.6 Å². The first-order valence-corrected chi connectivity index (χ1v) is 6.93. The third kappa shape index (κ3) is 3.94. The first kappa shape index (κ1) is 16.0. The Hall–Kier alpha value is -1.07. The van der Waals surface area contributed by atoms with Crippen molar-refractivity contribution in [2.45, 2.75) is 46.7 Å². The summed E-state index contributed by atoms with van der Waals surface area (Å²) in [5.74, 6) is 0.120. The predicted octanol–water partition coefficient (Wildman–Crippen LogP) is 2.00. The van der Waals surface area contributed by atoms with Crippen molar-refractivity contribution in [1.29, 1.82) is 0 Å². The Morgan fingerprint density at radius 1 is 1.53 bits per heavy atom. The van der Waals surface area contributed by atoms with Gasteiger partial charge in [0.25, 0.3) is 5.91 Å². The summed E-state index contributed by atoms with van der Waals surface area (Å²) in [5, 5.41) is 16.7. The number of hydrogen-bond donors (Lipinski definition) is 2. The molecule has 1 rings (SSSR count). The van der Waals surface area contributed by atoms with Crippen molar-refractivity contribution in [3.63, 3.8) is 0 Å². The molecule has 1 heterocycles. The quantitative estimate of drug-likeness (QED) is 0.841. The van der Waals surface area contributed by atoms with E-state index in [0.29, 0.717) is 28.9 Å². The van der Waals surface area contributed by atoms with Crippen LogP contribution >= 0.6 is 11.6 Å². The second kappa shape index (κ2) is 6.91. The number of aliphatic hydroxyl groups excluding tert-OH is 1. The fourth-order valence-corrected chi connectivity index (χ4v) is 2.41. The second-order valence-electron chi connectivity index (χ2n) is 5.05. The zero-order valence-corrected chi connectivity index (χ0v) is 12.7. The average molecular weight is 288 g/mol. The maximum Gasteiger partial charge on any atom is 0.256 e. The van der Waals surface area contributed by atoms with Crippen molar-refractivity contribution >= 4 is 17.5 Å². The predicted molar refractivity (Wildman–Crippen MR) is 75.4 cm³/mol. The number of carbonyl (C=O) groups is 1. The molecule has 0 saturated heterocycles. The van der Waals surface area contributed by atoms with E-state index in [0.717, 1.165) is 6.42 Å². The maximum absolute atomic E-state index is 12.2. The van der Waals surface area contributed by atoms with Crippen molar-refractivity contribution in [3.05, 3.63) is 16.4 Å². The highest BCUT2D eigenvalue weighted by Crippen LogP contribution is 2.20. The van der Waals surface area contributed by atoms with Crippen molar-refractivity contribution in [1.82, 2.24) is 15.1 Å². The minimum atomic E-state index is -0.276. The Labute approximate surface area is 118 Å². The largest absolute Gasteiger partial charge is 0.394 e. The molecule has 0 aliphatic rings. The molecule has 1 atom stereocenters. The van der Waals surface area contributed by atoms with E-state index < -0.39 is 0 Å². The van der Waals surface area contributed by atoms with Crippen LogP contribution in [0.1, 0.15) is 43.2 Å². The number of halogens is 1. The van der Waals surface area contributed by atoms with Crippen LogP contribution in [0.5, 0.6) is 0 Å². The molecule has 0 fully saturated rings. The van der Waals surface area contributed by atoms with Crippen LogP contribution in [0.15, 0.2) is 0 Å². The zero-order chi connectivity index (χ0) is 14.6. The number of aryl methyl sites for hydroxylation is 2. The Kier molecular flexibility index (Phi) is 5.82. The zero-order valence-electron chi connectivity index (χ0n) is 11.9. The van der Waals surface area contributed by atoms with E-state index in [-0.39, 0.29) is 18.6 Å². The lowest BCUT2D eigenvalue weighted by Crippen LogP contribution is -2.38. The van der Waals surface area contributed by atoms with E-state index in [2.05, 4.69) is 10.4 Å². The number of nitrogens with zero attached hydrogens (tertiary/aromatic N) is 2. The Morgan fingerprint density at radius 2 is 2.16 bits per heavy atom. The van der Waals surface area contributed by atoms with E-state index in [1.807, 2.05) is 20.8 Å². The molecular weight excluding hydrogens is 266 g/mol. The molecule has 0 bridgehead atoms. The van der Waals surface area contributed by atoms with Gasteiger partial charge in [-0.25, -0.2) is 0 Å². The van der Waals surface area contributed by atoms with Crippen LogP contribution in [0.4, 0.5) is 0 Å². The molecule has 1 aromatic heterocycles. The molecule has 0 aliphatic heterocycles. The van der Waals surface area contributed by atoms with Gasteiger partial charge in [-0.1, -0.05) is 25.4 Å². The highest BCUT2D eigenvalue weighted by molar-refractivity contribution is 6.33. The molecule has 0 spiro atoms. The molecular formula is C13H22ClN3O2. The van der Waals surface area contributed by atoms with Gasteiger partial charge in [0.2, 0.25) is 0 Å². The number of hydrogen-bond acceptors (Lipinski definition) is 3. The molecule has 1 aromatic rings. The number of nitrogens with one attached hydrogen (secondary N) is 1. The minimum Gasteiger partial charge on any atom is -0.394 e. The van der Waals surface area contributed by atoms with Gasteiger partial charge in [-0.3, -0.25) is 9.48 Å². The summed E-state index contributed by atoms with van der Waals surface area (Å²) < 4.78 is 1.59.